The molecule has 0 aliphatic carbocycles. The van der Waals surface area contributed by atoms with Crippen LogP contribution in [0.4, 0.5) is 5.69 Å². The first-order valence-electron chi connectivity index (χ1n) is 8.96. The first-order chi connectivity index (χ1) is 12.5. The summed E-state index contributed by atoms with van der Waals surface area (Å²) in [5, 5.41) is 2.79. The highest BCUT2D eigenvalue weighted by Gasteiger charge is 2.26. The molecule has 1 aliphatic heterocycles. The summed E-state index contributed by atoms with van der Waals surface area (Å²) in [5.74, 6) is -0.0287. The number of fused-ring (bicyclic) bond motifs is 1. The molecule has 2 unspecified atom stereocenters. The maximum atomic E-state index is 13.2. The molecule has 0 spiro atoms. The van der Waals surface area contributed by atoms with Crippen molar-refractivity contribution in [2.24, 2.45) is 0 Å². The molecule has 3 rings (SSSR count). The van der Waals surface area contributed by atoms with E-state index in [-0.39, 0.29) is 23.1 Å². The zero-order chi connectivity index (χ0) is 18.7. The Morgan fingerprint density at radius 3 is 2.65 bits per heavy atom. The average Bonchev–Trinajstić information content (AvgIpc) is 2.66. The zero-order valence-electron chi connectivity index (χ0n) is 15.4. The number of nitrogens with one attached hydrogen (secondary N) is 1. The van der Waals surface area contributed by atoms with Gasteiger partial charge in [0.05, 0.1) is 10.9 Å². The molecule has 1 aliphatic rings. The summed E-state index contributed by atoms with van der Waals surface area (Å²) < 4.78 is 0. The second kappa shape index (κ2) is 7.96. The molecule has 0 saturated heterocycles. The lowest BCUT2D eigenvalue weighted by atomic mass is 10.1. The van der Waals surface area contributed by atoms with Crippen molar-refractivity contribution in [1.29, 1.82) is 0 Å². The minimum absolute atomic E-state index is 0.0103. The molecule has 26 heavy (non-hydrogen) atoms. The van der Waals surface area contributed by atoms with Gasteiger partial charge in [-0.15, -0.1) is 11.8 Å². The molecule has 0 saturated carbocycles. The van der Waals surface area contributed by atoms with Crippen LogP contribution in [0.5, 0.6) is 0 Å². The fourth-order valence-electron chi connectivity index (χ4n) is 2.94. The Morgan fingerprint density at radius 2 is 1.96 bits per heavy atom. The third-order valence-corrected chi connectivity index (χ3v) is 5.91. The Morgan fingerprint density at radius 1 is 1.23 bits per heavy atom. The van der Waals surface area contributed by atoms with Crippen molar-refractivity contribution in [2.75, 3.05) is 5.32 Å². The van der Waals surface area contributed by atoms with Crippen LogP contribution < -0.4 is 5.32 Å². The summed E-state index contributed by atoms with van der Waals surface area (Å²) in [6.07, 6.45) is 0.883. The van der Waals surface area contributed by atoms with Gasteiger partial charge in [-0.05, 0) is 44.0 Å². The molecule has 0 fully saturated rings. The predicted octanol–water partition coefficient (Wildman–Crippen LogP) is 4.56. The van der Waals surface area contributed by atoms with Crippen LogP contribution in [0.25, 0.3) is 0 Å². The van der Waals surface area contributed by atoms with Gasteiger partial charge in [-0.2, -0.15) is 0 Å². The topological polar surface area (TPSA) is 49.4 Å². The number of carbonyl (C=O) groups is 2. The van der Waals surface area contributed by atoms with Crippen LogP contribution in [0.2, 0.25) is 0 Å². The Balaban J connectivity index is 1.87. The fourth-order valence-corrected chi connectivity index (χ4v) is 3.87. The second-order valence-electron chi connectivity index (χ2n) is 6.64. The smallest absolute Gasteiger partial charge is 0.254 e. The number of benzene rings is 2. The average molecular weight is 369 g/mol. The molecule has 1 N–H and O–H groups in total. The van der Waals surface area contributed by atoms with Crippen molar-refractivity contribution in [2.45, 2.75) is 49.9 Å². The van der Waals surface area contributed by atoms with Gasteiger partial charge in [-0.1, -0.05) is 37.3 Å². The van der Waals surface area contributed by atoms with Gasteiger partial charge in [-0.25, -0.2) is 0 Å². The minimum Gasteiger partial charge on any atom is -0.332 e. The Labute approximate surface area is 159 Å². The van der Waals surface area contributed by atoms with E-state index in [0.29, 0.717) is 12.1 Å². The molecule has 2 amide bonds. The van der Waals surface area contributed by atoms with E-state index in [9.17, 15) is 9.59 Å². The number of anilines is 1. The summed E-state index contributed by atoms with van der Waals surface area (Å²) >= 11 is 1.53. The van der Waals surface area contributed by atoms with E-state index in [4.69, 9.17) is 0 Å². The quantitative estimate of drug-likeness (QED) is 0.842. The molecule has 2 aromatic rings. The lowest BCUT2D eigenvalue weighted by Gasteiger charge is -2.29. The maximum absolute atomic E-state index is 13.2. The minimum atomic E-state index is -0.112. The van der Waals surface area contributed by atoms with E-state index < -0.39 is 0 Å². The molecular weight excluding hydrogens is 344 g/mol. The SMILES string of the molecule is CCC(C)N(Cc1ccccc1)C(=O)c1ccc2c(c1)NC(=O)C(C)S2. The first-order valence-corrected chi connectivity index (χ1v) is 9.84. The molecular formula is C21H24N2O2S. The highest BCUT2D eigenvalue weighted by Crippen LogP contribution is 2.36. The van der Waals surface area contributed by atoms with Crippen molar-refractivity contribution < 1.29 is 9.59 Å². The fraction of sp³-hybridized carbons (Fsp3) is 0.333. The van der Waals surface area contributed by atoms with Crippen LogP contribution in [-0.2, 0) is 11.3 Å². The van der Waals surface area contributed by atoms with E-state index in [1.807, 2.05) is 54.3 Å². The summed E-state index contributed by atoms with van der Waals surface area (Å²) in [4.78, 5) is 28.0. The van der Waals surface area contributed by atoms with Crippen molar-refractivity contribution in [3.05, 3.63) is 59.7 Å². The van der Waals surface area contributed by atoms with E-state index in [2.05, 4.69) is 19.2 Å². The van der Waals surface area contributed by atoms with Crippen molar-refractivity contribution in [3.63, 3.8) is 0 Å². The van der Waals surface area contributed by atoms with E-state index in [0.717, 1.165) is 22.6 Å². The Kier molecular flexibility index (Phi) is 5.67. The third kappa shape index (κ3) is 3.93. The number of amides is 2. The van der Waals surface area contributed by atoms with Gasteiger partial charge in [0, 0.05) is 23.0 Å². The zero-order valence-corrected chi connectivity index (χ0v) is 16.2. The van der Waals surface area contributed by atoms with Gasteiger partial charge in [0.1, 0.15) is 0 Å². The van der Waals surface area contributed by atoms with Crippen LogP contribution in [-0.4, -0.2) is 28.0 Å². The highest BCUT2D eigenvalue weighted by atomic mass is 32.2. The van der Waals surface area contributed by atoms with Gasteiger partial charge >= 0.3 is 0 Å². The Hall–Kier alpha value is -2.27. The molecule has 2 atom stereocenters. The lowest BCUT2D eigenvalue weighted by molar-refractivity contribution is -0.115. The number of carbonyl (C=O) groups excluding carboxylic acids is 2. The van der Waals surface area contributed by atoms with Crippen LogP contribution in [0.15, 0.2) is 53.4 Å². The standard InChI is InChI=1S/C21H24N2O2S/c1-4-14(2)23(13-16-8-6-5-7-9-16)21(25)17-10-11-19-18(12-17)22-20(24)15(3)26-19/h5-12,14-15H,4,13H2,1-3H3,(H,22,24). The monoisotopic (exact) mass is 368 g/mol. The number of rotatable bonds is 5. The van der Waals surface area contributed by atoms with Crippen molar-refractivity contribution in [1.82, 2.24) is 4.90 Å². The normalized spacial score (nSPS) is 17.2. The molecule has 1 heterocycles. The van der Waals surface area contributed by atoms with Gasteiger partial charge in [-0.3, -0.25) is 9.59 Å². The lowest BCUT2D eigenvalue weighted by Crippen LogP contribution is -2.38. The number of hydrogen-bond donors (Lipinski definition) is 1. The number of nitrogens with zero attached hydrogens (tertiary/aromatic N) is 1. The van der Waals surface area contributed by atoms with Gasteiger partial charge < -0.3 is 10.2 Å². The first kappa shape index (κ1) is 18.5. The summed E-state index contributed by atoms with van der Waals surface area (Å²) in [6, 6.07) is 15.7. The van der Waals surface area contributed by atoms with Gasteiger partial charge in [0.2, 0.25) is 5.91 Å². The van der Waals surface area contributed by atoms with Crippen LogP contribution in [0.3, 0.4) is 0 Å². The van der Waals surface area contributed by atoms with E-state index >= 15 is 0 Å². The maximum Gasteiger partial charge on any atom is 0.254 e. The molecule has 0 aromatic heterocycles. The molecule has 5 heteroatoms. The van der Waals surface area contributed by atoms with Gasteiger partial charge in [0.15, 0.2) is 0 Å². The van der Waals surface area contributed by atoms with Crippen LogP contribution >= 0.6 is 11.8 Å². The Bertz CT molecular complexity index is 807. The molecule has 136 valence electrons. The number of thioether (sulfide) groups is 1. The molecule has 2 aromatic carbocycles. The van der Waals surface area contributed by atoms with E-state index in [1.54, 1.807) is 6.07 Å². The summed E-state index contributed by atoms with van der Waals surface area (Å²) in [6.45, 7) is 6.61. The molecule has 0 bridgehead atoms. The summed E-state index contributed by atoms with van der Waals surface area (Å²) in [7, 11) is 0. The van der Waals surface area contributed by atoms with E-state index in [1.165, 1.54) is 11.8 Å². The van der Waals surface area contributed by atoms with Crippen LogP contribution in [0.1, 0.15) is 43.1 Å². The van der Waals surface area contributed by atoms with Crippen molar-refractivity contribution in [3.8, 4) is 0 Å². The van der Waals surface area contributed by atoms with Crippen LogP contribution in [0, 0.1) is 0 Å². The number of hydrogen-bond acceptors (Lipinski definition) is 3. The summed E-state index contributed by atoms with van der Waals surface area (Å²) in [5.41, 5.74) is 2.44. The largest absolute Gasteiger partial charge is 0.332 e. The van der Waals surface area contributed by atoms with Gasteiger partial charge in [0.25, 0.3) is 5.91 Å². The highest BCUT2D eigenvalue weighted by molar-refractivity contribution is 8.00. The predicted molar refractivity (Wildman–Crippen MR) is 106 cm³/mol. The molecule has 0 radical (unpaired) electrons. The third-order valence-electron chi connectivity index (χ3n) is 4.74. The molecule has 4 nitrogen and oxygen atoms in total. The van der Waals surface area contributed by atoms with Crippen molar-refractivity contribution >= 4 is 29.3 Å². The second-order valence-corrected chi connectivity index (χ2v) is 8.02.